The molecule has 2 heteroatoms. The van der Waals surface area contributed by atoms with Gasteiger partial charge in [-0.15, -0.1) is 0 Å². The van der Waals surface area contributed by atoms with E-state index in [9.17, 15) is 4.79 Å². The molecule has 0 saturated heterocycles. The van der Waals surface area contributed by atoms with Crippen molar-refractivity contribution in [2.75, 3.05) is 6.61 Å². The highest BCUT2D eigenvalue weighted by molar-refractivity contribution is 5.86. The van der Waals surface area contributed by atoms with E-state index in [2.05, 4.69) is 31.2 Å². The molecule has 1 unspecified atom stereocenters. The summed E-state index contributed by atoms with van der Waals surface area (Å²) < 4.78 is 5.01. The Balaban J connectivity index is 2.27. The van der Waals surface area contributed by atoms with E-state index in [-0.39, 0.29) is 11.9 Å². The van der Waals surface area contributed by atoms with Gasteiger partial charge in [0.25, 0.3) is 0 Å². The van der Waals surface area contributed by atoms with Gasteiger partial charge in [-0.3, -0.25) is 4.79 Å². The van der Waals surface area contributed by atoms with E-state index in [4.69, 9.17) is 4.74 Å². The number of hydrogen-bond acceptors (Lipinski definition) is 2. The van der Waals surface area contributed by atoms with Crippen molar-refractivity contribution in [3.05, 3.63) is 48.0 Å². The van der Waals surface area contributed by atoms with E-state index in [0.29, 0.717) is 13.0 Å². The Morgan fingerprint density at radius 1 is 1.17 bits per heavy atom. The predicted molar refractivity (Wildman–Crippen MR) is 73.6 cm³/mol. The van der Waals surface area contributed by atoms with Crippen LogP contribution >= 0.6 is 0 Å². The zero-order valence-electron chi connectivity index (χ0n) is 10.8. The zero-order valence-corrected chi connectivity index (χ0v) is 10.8. The van der Waals surface area contributed by atoms with E-state index in [1.54, 1.807) is 0 Å². The highest BCUT2D eigenvalue weighted by Crippen LogP contribution is 2.27. The minimum absolute atomic E-state index is 0.127. The number of hydrogen-bond donors (Lipinski definition) is 0. The fourth-order valence-corrected chi connectivity index (χ4v) is 2.26. The summed E-state index contributed by atoms with van der Waals surface area (Å²) in [5.74, 6) is 0.0492. The first kappa shape index (κ1) is 12.6. The summed E-state index contributed by atoms with van der Waals surface area (Å²) in [6.45, 7) is 4.35. The fourth-order valence-electron chi connectivity index (χ4n) is 2.26. The molecule has 0 aliphatic heterocycles. The van der Waals surface area contributed by atoms with Crippen LogP contribution < -0.4 is 0 Å². The Kier molecular flexibility index (Phi) is 3.98. The molecular weight excluding hydrogens is 224 g/mol. The maximum Gasteiger partial charge on any atom is 0.306 e. The third-order valence-electron chi connectivity index (χ3n) is 3.13. The molecule has 1 atom stereocenters. The lowest BCUT2D eigenvalue weighted by Crippen LogP contribution is -2.08. The van der Waals surface area contributed by atoms with Crippen LogP contribution in [0.3, 0.4) is 0 Å². The summed E-state index contributed by atoms with van der Waals surface area (Å²) in [5, 5.41) is 2.43. The molecule has 0 saturated carbocycles. The number of carbonyl (C=O) groups is 1. The molecule has 2 rings (SSSR count). The average molecular weight is 242 g/mol. The second-order valence-electron chi connectivity index (χ2n) is 4.48. The van der Waals surface area contributed by atoms with Crippen LogP contribution in [-0.4, -0.2) is 12.6 Å². The van der Waals surface area contributed by atoms with Crippen molar-refractivity contribution in [1.29, 1.82) is 0 Å². The Morgan fingerprint density at radius 3 is 2.67 bits per heavy atom. The fraction of sp³-hybridized carbons (Fsp3) is 0.312. The first-order valence-corrected chi connectivity index (χ1v) is 6.35. The predicted octanol–water partition coefficient (Wildman–Crippen LogP) is 3.90. The van der Waals surface area contributed by atoms with Crippen molar-refractivity contribution in [3.8, 4) is 0 Å². The first-order valence-electron chi connectivity index (χ1n) is 6.35. The summed E-state index contributed by atoms with van der Waals surface area (Å²) >= 11 is 0. The second-order valence-corrected chi connectivity index (χ2v) is 4.48. The summed E-state index contributed by atoms with van der Waals surface area (Å²) in [4.78, 5) is 11.5. The smallest absolute Gasteiger partial charge is 0.306 e. The monoisotopic (exact) mass is 242 g/mol. The lowest BCUT2D eigenvalue weighted by molar-refractivity contribution is -0.143. The molecule has 0 amide bonds. The van der Waals surface area contributed by atoms with Gasteiger partial charge in [-0.2, -0.15) is 0 Å². The van der Waals surface area contributed by atoms with Crippen LogP contribution in [-0.2, 0) is 9.53 Å². The number of benzene rings is 2. The van der Waals surface area contributed by atoms with E-state index >= 15 is 0 Å². The third kappa shape index (κ3) is 2.70. The van der Waals surface area contributed by atoms with Crippen LogP contribution in [0.1, 0.15) is 31.7 Å². The standard InChI is InChI=1S/C16H18O2/c1-3-18-16(17)11-12(2)14-10-6-8-13-7-4-5-9-15(13)14/h4-10,12H,3,11H2,1-2H3. The second kappa shape index (κ2) is 5.67. The molecule has 2 aromatic carbocycles. The van der Waals surface area contributed by atoms with Gasteiger partial charge >= 0.3 is 5.97 Å². The third-order valence-corrected chi connectivity index (χ3v) is 3.13. The van der Waals surface area contributed by atoms with Gasteiger partial charge in [0.1, 0.15) is 0 Å². The van der Waals surface area contributed by atoms with Gasteiger partial charge in [0.05, 0.1) is 13.0 Å². The number of fused-ring (bicyclic) bond motifs is 1. The molecule has 0 fully saturated rings. The van der Waals surface area contributed by atoms with Crippen molar-refractivity contribution < 1.29 is 9.53 Å². The average Bonchev–Trinajstić information content (AvgIpc) is 2.38. The van der Waals surface area contributed by atoms with Crippen molar-refractivity contribution in [3.63, 3.8) is 0 Å². The van der Waals surface area contributed by atoms with Crippen LogP contribution in [0.4, 0.5) is 0 Å². The molecule has 0 aliphatic carbocycles. The quantitative estimate of drug-likeness (QED) is 0.760. The molecule has 0 N–H and O–H groups in total. The van der Waals surface area contributed by atoms with Gasteiger partial charge in [0, 0.05) is 0 Å². The Labute approximate surface area is 108 Å². The van der Waals surface area contributed by atoms with Crippen LogP contribution in [0.15, 0.2) is 42.5 Å². The Bertz CT molecular complexity index is 540. The molecular formula is C16H18O2. The summed E-state index contributed by atoms with van der Waals surface area (Å²) in [5.41, 5.74) is 1.21. The van der Waals surface area contributed by atoms with Crippen molar-refractivity contribution >= 4 is 16.7 Å². The maximum atomic E-state index is 11.5. The lowest BCUT2D eigenvalue weighted by Gasteiger charge is -2.13. The molecule has 0 aliphatic rings. The van der Waals surface area contributed by atoms with Crippen molar-refractivity contribution in [1.82, 2.24) is 0 Å². The van der Waals surface area contributed by atoms with Gasteiger partial charge in [-0.05, 0) is 29.2 Å². The summed E-state index contributed by atoms with van der Waals surface area (Å²) in [7, 11) is 0. The highest BCUT2D eigenvalue weighted by atomic mass is 16.5. The van der Waals surface area contributed by atoms with Crippen molar-refractivity contribution in [2.45, 2.75) is 26.2 Å². The van der Waals surface area contributed by atoms with E-state index < -0.39 is 0 Å². The van der Waals surface area contributed by atoms with E-state index in [1.807, 2.05) is 25.1 Å². The van der Waals surface area contributed by atoms with Crippen LogP contribution in [0.5, 0.6) is 0 Å². The minimum Gasteiger partial charge on any atom is -0.466 e. The van der Waals surface area contributed by atoms with Crippen molar-refractivity contribution in [2.24, 2.45) is 0 Å². The van der Waals surface area contributed by atoms with Crippen LogP contribution in [0, 0.1) is 0 Å². The molecule has 0 aromatic heterocycles. The van der Waals surface area contributed by atoms with E-state index in [1.165, 1.54) is 16.3 Å². The summed E-state index contributed by atoms with van der Waals surface area (Å²) in [6, 6.07) is 14.5. The van der Waals surface area contributed by atoms with Gasteiger partial charge in [-0.25, -0.2) is 0 Å². The molecule has 94 valence electrons. The van der Waals surface area contributed by atoms with Gasteiger partial charge < -0.3 is 4.74 Å². The summed E-state index contributed by atoms with van der Waals surface area (Å²) in [6.07, 6.45) is 0.432. The Morgan fingerprint density at radius 2 is 1.89 bits per heavy atom. The SMILES string of the molecule is CCOC(=O)CC(C)c1cccc2ccccc12. The Hall–Kier alpha value is -1.83. The molecule has 2 nitrogen and oxygen atoms in total. The lowest BCUT2D eigenvalue weighted by atomic mass is 9.92. The topological polar surface area (TPSA) is 26.3 Å². The molecule has 0 bridgehead atoms. The van der Waals surface area contributed by atoms with Crippen LogP contribution in [0.25, 0.3) is 10.8 Å². The number of rotatable bonds is 4. The van der Waals surface area contributed by atoms with Crippen LogP contribution in [0.2, 0.25) is 0 Å². The van der Waals surface area contributed by atoms with E-state index in [0.717, 1.165) is 0 Å². The number of ether oxygens (including phenoxy) is 1. The minimum atomic E-state index is -0.127. The molecule has 0 heterocycles. The maximum absolute atomic E-state index is 11.5. The van der Waals surface area contributed by atoms with Gasteiger partial charge in [0.2, 0.25) is 0 Å². The molecule has 2 aromatic rings. The van der Waals surface area contributed by atoms with Gasteiger partial charge in [0.15, 0.2) is 0 Å². The normalized spacial score (nSPS) is 12.3. The molecule has 0 spiro atoms. The number of carbonyl (C=O) groups excluding carboxylic acids is 1. The molecule has 0 radical (unpaired) electrons. The zero-order chi connectivity index (χ0) is 13.0. The highest BCUT2D eigenvalue weighted by Gasteiger charge is 2.14. The van der Waals surface area contributed by atoms with Gasteiger partial charge in [-0.1, -0.05) is 49.4 Å². The molecule has 18 heavy (non-hydrogen) atoms. The first-order chi connectivity index (χ1) is 8.72. The number of esters is 1. The largest absolute Gasteiger partial charge is 0.466 e.